The summed E-state index contributed by atoms with van der Waals surface area (Å²) in [5.41, 5.74) is -0.0426. The summed E-state index contributed by atoms with van der Waals surface area (Å²) in [7, 11) is 0. The average molecular weight is 268 g/mol. The summed E-state index contributed by atoms with van der Waals surface area (Å²) in [6, 6.07) is 0. The minimum absolute atomic E-state index is 0.00556. The van der Waals surface area contributed by atoms with Gasteiger partial charge in [0.1, 0.15) is 0 Å². The molecule has 0 bridgehead atoms. The summed E-state index contributed by atoms with van der Waals surface area (Å²) in [4.78, 5) is 25.6. The van der Waals surface area contributed by atoms with Crippen molar-refractivity contribution in [3.05, 3.63) is 0 Å². The number of hydrogen-bond acceptors (Lipinski definition) is 3. The molecule has 2 aliphatic rings. The zero-order valence-electron chi connectivity index (χ0n) is 11.7. The standard InChI is InChI=1S/C14H24N2O3/c1-14(6-2-3-7-14)15-12(17)4-5-13(18)16-8-10-19-11-9-16/h2-11H2,1H3,(H,15,17). The van der Waals surface area contributed by atoms with Crippen molar-refractivity contribution in [2.75, 3.05) is 26.3 Å². The number of carbonyl (C=O) groups is 2. The lowest BCUT2D eigenvalue weighted by Gasteiger charge is -2.27. The number of hydrogen-bond donors (Lipinski definition) is 1. The van der Waals surface area contributed by atoms with Crippen LogP contribution in [0, 0.1) is 0 Å². The molecule has 1 saturated carbocycles. The molecule has 0 aromatic rings. The second-order valence-electron chi connectivity index (χ2n) is 5.81. The Balaban J connectivity index is 1.69. The maximum Gasteiger partial charge on any atom is 0.223 e. The first kappa shape index (κ1) is 14.3. The molecule has 0 atom stereocenters. The number of morpholine rings is 1. The van der Waals surface area contributed by atoms with Crippen LogP contribution in [0.3, 0.4) is 0 Å². The van der Waals surface area contributed by atoms with Crippen LogP contribution in [-0.4, -0.2) is 48.6 Å². The average Bonchev–Trinajstić information content (AvgIpc) is 2.83. The smallest absolute Gasteiger partial charge is 0.223 e. The van der Waals surface area contributed by atoms with Gasteiger partial charge in [-0.15, -0.1) is 0 Å². The minimum Gasteiger partial charge on any atom is -0.378 e. The molecular formula is C14H24N2O3. The Labute approximate surface area is 114 Å². The number of rotatable bonds is 4. The molecular weight excluding hydrogens is 244 g/mol. The van der Waals surface area contributed by atoms with Gasteiger partial charge in [0.15, 0.2) is 0 Å². The number of ether oxygens (including phenoxy) is 1. The summed E-state index contributed by atoms with van der Waals surface area (Å²) < 4.78 is 5.20. The van der Waals surface area contributed by atoms with Crippen LogP contribution < -0.4 is 5.32 Å². The quantitative estimate of drug-likeness (QED) is 0.830. The first-order chi connectivity index (χ1) is 9.09. The van der Waals surface area contributed by atoms with Gasteiger partial charge in [-0.25, -0.2) is 0 Å². The van der Waals surface area contributed by atoms with E-state index in [-0.39, 0.29) is 17.4 Å². The van der Waals surface area contributed by atoms with E-state index in [0.29, 0.717) is 39.1 Å². The second-order valence-corrected chi connectivity index (χ2v) is 5.81. The van der Waals surface area contributed by atoms with Crippen LogP contribution in [-0.2, 0) is 14.3 Å². The lowest BCUT2D eigenvalue weighted by atomic mass is 10.0. The lowest BCUT2D eigenvalue weighted by molar-refractivity contribution is -0.137. The molecule has 5 heteroatoms. The van der Waals surface area contributed by atoms with Gasteiger partial charge in [-0.1, -0.05) is 12.8 Å². The van der Waals surface area contributed by atoms with Crippen LogP contribution in [0.15, 0.2) is 0 Å². The molecule has 2 fully saturated rings. The van der Waals surface area contributed by atoms with Crippen LogP contribution in [0.5, 0.6) is 0 Å². The first-order valence-electron chi connectivity index (χ1n) is 7.26. The third-order valence-electron chi connectivity index (χ3n) is 4.08. The van der Waals surface area contributed by atoms with Gasteiger partial charge in [0.05, 0.1) is 13.2 Å². The normalized spacial score (nSPS) is 22.3. The van der Waals surface area contributed by atoms with Crippen LogP contribution in [0.4, 0.5) is 0 Å². The predicted octanol–water partition coefficient (Wildman–Crippen LogP) is 1.07. The van der Waals surface area contributed by atoms with Gasteiger partial charge in [-0.3, -0.25) is 9.59 Å². The van der Waals surface area contributed by atoms with E-state index >= 15 is 0 Å². The molecule has 1 N–H and O–H groups in total. The van der Waals surface area contributed by atoms with E-state index in [4.69, 9.17) is 4.74 Å². The Morgan fingerprint density at radius 3 is 2.42 bits per heavy atom. The number of nitrogens with one attached hydrogen (secondary N) is 1. The van der Waals surface area contributed by atoms with Crippen molar-refractivity contribution in [2.24, 2.45) is 0 Å². The highest BCUT2D eigenvalue weighted by molar-refractivity contribution is 5.84. The predicted molar refractivity (Wildman–Crippen MR) is 71.6 cm³/mol. The van der Waals surface area contributed by atoms with Crippen LogP contribution in [0.2, 0.25) is 0 Å². The maximum atomic E-state index is 11.9. The van der Waals surface area contributed by atoms with Crippen molar-refractivity contribution >= 4 is 11.8 Å². The van der Waals surface area contributed by atoms with Crippen molar-refractivity contribution in [2.45, 2.75) is 51.0 Å². The Bertz CT molecular complexity index is 332. The first-order valence-corrected chi connectivity index (χ1v) is 7.26. The SMILES string of the molecule is CC1(NC(=O)CCC(=O)N2CCOCC2)CCCC1. The molecule has 0 aromatic heterocycles. The number of carbonyl (C=O) groups excluding carboxylic acids is 2. The molecule has 108 valence electrons. The van der Waals surface area contributed by atoms with Crippen LogP contribution in [0.1, 0.15) is 45.4 Å². The van der Waals surface area contributed by atoms with Crippen molar-refractivity contribution in [3.63, 3.8) is 0 Å². The van der Waals surface area contributed by atoms with Crippen molar-refractivity contribution in [1.82, 2.24) is 10.2 Å². The maximum absolute atomic E-state index is 11.9. The van der Waals surface area contributed by atoms with E-state index in [1.807, 2.05) is 0 Å². The van der Waals surface area contributed by atoms with Crippen LogP contribution in [0.25, 0.3) is 0 Å². The van der Waals surface area contributed by atoms with Gasteiger partial charge in [0.2, 0.25) is 11.8 Å². The van der Waals surface area contributed by atoms with E-state index in [2.05, 4.69) is 12.2 Å². The molecule has 1 saturated heterocycles. The largest absolute Gasteiger partial charge is 0.378 e. The highest BCUT2D eigenvalue weighted by Gasteiger charge is 2.30. The lowest BCUT2D eigenvalue weighted by Crippen LogP contribution is -2.44. The van der Waals surface area contributed by atoms with E-state index in [9.17, 15) is 9.59 Å². The topological polar surface area (TPSA) is 58.6 Å². The van der Waals surface area contributed by atoms with Gasteiger partial charge < -0.3 is 15.0 Å². The molecule has 0 spiro atoms. The zero-order chi connectivity index (χ0) is 13.7. The molecule has 2 rings (SSSR count). The monoisotopic (exact) mass is 268 g/mol. The van der Waals surface area contributed by atoms with E-state index in [1.54, 1.807) is 4.90 Å². The fourth-order valence-electron chi connectivity index (χ4n) is 2.87. The van der Waals surface area contributed by atoms with Crippen molar-refractivity contribution < 1.29 is 14.3 Å². The third kappa shape index (κ3) is 4.20. The Kier molecular flexibility index (Phi) is 4.80. The second kappa shape index (κ2) is 6.37. The van der Waals surface area contributed by atoms with E-state index in [1.165, 1.54) is 12.8 Å². The summed E-state index contributed by atoms with van der Waals surface area (Å²) in [5.74, 6) is 0.0704. The summed E-state index contributed by atoms with van der Waals surface area (Å²) in [5, 5.41) is 3.08. The summed E-state index contributed by atoms with van der Waals surface area (Å²) >= 11 is 0. The van der Waals surface area contributed by atoms with Crippen molar-refractivity contribution in [1.29, 1.82) is 0 Å². The molecule has 1 aliphatic heterocycles. The fourth-order valence-corrected chi connectivity index (χ4v) is 2.87. The zero-order valence-corrected chi connectivity index (χ0v) is 11.7. The van der Waals surface area contributed by atoms with Gasteiger partial charge in [-0.05, 0) is 19.8 Å². The van der Waals surface area contributed by atoms with Gasteiger partial charge in [-0.2, -0.15) is 0 Å². The number of amides is 2. The van der Waals surface area contributed by atoms with E-state index < -0.39 is 0 Å². The minimum atomic E-state index is -0.0426. The third-order valence-corrected chi connectivity index (χ3v) is 4.08. The Morgan fingerprint density at radius 1 is 1.16 bits per heavy atom. The fraction of sp³-hybridized carbons (Fsp3) is 0.857. The summed E-state index contributed by atoms with van der Waals surface area (Å²) in [6.07, 6.45) is 5.08. The van der Waals surface area contributed by atoms with Gasteiger partial charge in [0, 0.05) is 31.5 Å². The molecule has 0 unspecified atom stereocenters. The molecule has 0 aromatic carbocycles. The highest BCUT2D eigenvalue weighted by atomic mass is 16.5. The molecule has 1 heterocycles. The molecule has 19 heavy (non-hydrogen) atoms. The van der Waals surface area contributed by atoms with Crippen LogP contribution >= 0.6 is 0 Å². The Hall–Kier alpha value is -1.10. The number of nitrogens with zero attached hydrogens (tertiary/aromatic N) is 1. The highest BCUT2D eigenvalue weighted by Crippen LogP contribution is 2.28. The van der Waals surface area contributed by atoms with E-state index in [0.717, 1.165) is 12.8 Å². The van der Waals surface area contributed by atoms with Gasteiger partial charge >= 0.3 is 0 Å². The molecule has 5 nitrogen and oxygen atoms in total. The molecule has 0 radical (unpaired) electrons. The Morgan fingerprint density at radius 2 is 1.79 bits per heavy atom. The van der Waals surface area contributed by atoms with Crippen molar-refractivity contribution in [3.8, 4) is 0 Å². The summed E-state index contributed by atoms with van der Waals surface area (Å²) in [6.45, 7) is 4.62. The molecule has 2 amide bonds. The molecule has 1 aliphatic carbocycles. The van der Waals surface area contributed by atoms with Gasteiger partial charge in [0.25, 0.3) is 0 Å².